The SMILES string of the molecule is CCCCCCCCCCNC(CCl)CC(C)C. The number of rotatable bonds is 13. The lowest BCUT2D eigenvalue weighted by atomic mass is 10.0. The fourth-order valence-electron chi connectivity index (χ4n) is 2.33. The molecule has 0 amide bonds. The maximum atomic E-state index is 5.96. The minimum Gasteiger partial charge on any atom is -0.313 e. The fourth-order valence-corrected chi connectivity index (χ4v) is 2.57. The molecule has 1 nitrogen and oxygen atoms in total. The molecule has 0 aliphatic carbocycles. The van der Waals surface area contributed by atoms with E-state index in [2.05, 4.69) is 26.1 Å². The highest BCUT2D eigenvalue weighted by molar-refractivity contribution is 6.18. The van der Waals surface area contributed by atoms with Crippen LogP contribution in [0.15, 0.2) is 0 Å². The summed E-state index contributed by atoms with van der Waals surface area (Å²) in [5, 5.41) is 3.58. The number of unbranched alkanes of at least 4 members (excludes halogenated alkanes) is 7. The quantitative estimate of drug-likeness (QED) is 0.352. The highest BCUT2D eigenvalue weighted by atomic mass is 35.5. The van der Waals surface area contributed by atoms with E-state index in [4.69, 9.17) is 11.6 Å². The van der Waals surface area contributed by atoms with Crippen LogP contribution >= 0.6 is 11.6 Å². The van der Waals surface area contributed by atoms with Crippen LogP contribution in [0.5, 0.6) is 0 Å². The summed E-state index contributed by atoms with van der Waals surface area (Å²) in [6.45, 7) is 7.93. The highest BCUT2D eigenvalue weighted by Crippen LogP contribution is 2.09. The summed E-state index contributed by atoms with van der Waals surface area (Å²) >= 11 is 5.96. The highest BCUT2D eigenvalue weighted by Gasteiger charge is 2.07. The molecule has 0 aliphatic rings. The lowest BCUT2D eigenvalue weighted by Crippen LogP contribution is -2.32. The summed E-state index contributed by atoms with van der Waals surface area (Å²) in [5.41, 5.74) is 0. The van der Waals surface area contributed by atoms with Gasteiger partial charge in [0.15, 0.2) is 0 Å². The molecule has 0 saturated carbocycles. The number of halogens is 1. The van der Waals surface area contributed by atoms with Crippen molar-refractivity contribution in [1.29, 1.82) is 0 Å². The van der Waals surface area contributed by atoms with Gasteiger partial charge in [0.25, 0.3) is 0 Å². The van der Waals surface area contributed by atoms with Crippen molar-refractivity contribution in [3.63, 3.8) is 0 Å². The van der Waals surface area contributed by atoms with Crippen LogP contribution in [0.25, 0.3) is 0 Å². The molecule has 0 aromatic carbocycles. The topological polar surface area (TPSA) is 12.0 Å². The molecular weight excluding hydrogens is 242 g/mol. The Kier molecular flexibility index (Phi) is 13.9. The Morgan fingerprint density at radius 2 is 1.44 bits per heavy atom. The molecule has 1 unspecified atom stereocenters. The molecule has 0 rings (SSSR count). The van der Waals surface area contributed by atoms with E-state index in [1.54, 1.807) is 0 Å². The summed E-state index contributed by atoms with van der Waals surface area (Å²) in [6, 6.07) is 0.510. The molecule has 2 heteroatoms. The average molecular weight is 276 g/mol. The Bertz CT molecular complexity index is 159. The van der Waals surface area contributed by atoms with Gasteiger partial charge in [-0.3, -0.25) is 0 Å². The van der Waals surface area contributed by atoms with Gasteiger partial charge in [0.1, 0.15) is 0 Å². The van der Waals surface area contributed by atoms with Gasteiger partial charge in [-0.15, -0.1) is 11.6 Å². The van der Waals surface area contributed by atoms with E-state index in [1.807, 2.05) is 0 Å². The first-order valence-electron chi connectivity index (χ1n) is 8.00. The fraction of sp³-hybridized carbons (Fsp3) is 1.00. The third-order valence-corrected chi connectivity index (χ3v) is 3.78. The Hall–Kier alpha value is 0.250. The molecule has 0 aromatic heterocycles. The maximum Gasteiger partial charge on any atom is 0.0377 e. The van der Waals surface area contributed by atoms with E-state index in [-0.39, 0.29) is 0 Å². The Balaban J connectivity index is 3.23. The normalized spacial score (nSPS) is 13.2. The van der Waals surface area contributed by atoms with Gasteiger partial charge in [-0.05, 0) is 25.3 Å². The third-order valence-electron chi connectivity index (χ3n) is 3.41. The van der Waals surface area contributed by atoms with Crippen LogP contribution in [0.3, 0.4) is 0 Å². The molecule has 1 N–H and O–H groups in total. The molecule has 0 radical (unpaired) electrons. The summed E-state index contributed by atoms with van der Waals surface area (Å²) in [7, 11) is 0. The van der Waals surface area contributed by atoms with Crippen LogP contribution in [0.4, 0.5) is 0 Å². The predicted octanol–water partition coefficient (Wildman–Crippen LogP) is 5.37. The number of alkyl halides is 1. The molecule has 0 aliphatic heterocycles. The van der Waals surface area contributed by atoms with Gasteiger partial charge in [-0.1, -0.05) is 65.7 Å². The first-order valence-corrected chi connectivity index (χ1v) is 8.53. The van der Waals surface area contributed by atoms with Gasteiger partial charge in [-0.2, -0.15) is 0 Å². The zero-order valence-electron chi connectivity index (χ0n) is 12.8. The van der Waals surface area contributed by atoms with Crippen molar-refractivity contribution in [2.75, 3.05) is 12.4 Å². The molecule has 0 fully saturated rings. The Morgan fingerprint density at radius 3 is 1.94 bits per heavy atom. The van der Waals surface area contributed by atoms with Crippen LogP contribution in [-0.2, 0) is 0 Å². The lowest BCUT2D eigenvalue weighted by molar-refractivity contribution is 0.437. The van der Waals surface area contributed by atoms with E-state index in [9.17, 15) is 0 Å². The molecule has 0 aromatic rings. The van der Waals surface area contributed by atoms with Crippen molar-refractivity contribution in [3.8, 4) is 0 Å². The monoisotopic (exact) mass is 275 g/mol. The average Bonchev–Trinajstić information content (AvgIpc) is 2.35. The van der Waals surface area contributed by atoms with Crippen LogP contribution in [0.1, 0.15) is 78.6 Å². The molecule has 0 saturated heterocycles. The maximum absolute atomic E-state index is 5.96. The van der Waals surface area contributed by atoms with Crippen molar-refractivity contribution in [2.45, 2.75) is 84.6 Å². The third kappa shape index (κ3) is 12.7. The minimum absolute atomic E-state index is 0.510. The molecule has 18 heavy (non-hydrogen) atoms. The Labute approximate surface area is 120 Å². The van der Waals surface area contributed by atoms with Crippen LogP contribution in [0, 0.1) is 5.92 Å². The first-order chi connectivity index (χ1) is 8.70. The zero-order valence-corrected chi connectivity index (χ0v) is 13.6. The molecule has 0 bridgehead atoms. The summed E-state index contributed by atoms with van der Waals surface area (Å²) in [4.78, 5) is 0. The smallest absolute Gasteiger partial charge is 0.0377 e. The van der Waals surface area contributed by atoms with Crippen molar-refractivity contribution in [3.05, 3.63) is 0 Å². The minimum atomic E-state index is 0.510. The van der Waals surface area contributed by atoms with E-state index in [0.717, 1.165) is 18.3 Å². The van der Waals surface area contributed by atoms with Crippen LogP contribution in [0.2, 0.25) is 0 Å². The van der Waals surface area contributed by atoms with Gasteiger partial charge < -0.3 is 5.32 Å². The van der Waals surface area contributed by atoms with Gasteiger partial charge in [0, 0.05) is 11.9 Å². The van der Waals surface area contributed by atoms with Crippen molar-refractivity contribution < 1.29 is 0 Å². The predicted molar refractivity (Wildman–Crippen MR) is 84.6 cm³/mol. The molecular formula is C16H34ClN. The van der Waals surface area contributed by atoms with Gasteiger partial charge >= 0.3 is 0 Å². The first kappa shape index (κ1) is 18.2. The van der Waals surface area contributed by atoms with E-state index in [1.165, 1.54) is 57.8 Å². The molecule has 0 spiro atoms. The lowest BCUT2D eigenvalue weighted by Gasteiger charge is -2.17. The summed E-state index contributed by atoms with van der Waals surface area (Å²) < 4.78 is 0. The molecule has 0 heterocycles. The van der Waals surface area contributed by atoms with Gasteiger partial charge in [0.2, 0.25) is 0 Å². The van der Waals surface area contributed by atoms with E-state index in [0.29, 0.717) is 6.04 Å². The Morgan fingerprint density at radius 1 is 0.889 bits per heavy atom. The molecule has 1 atom stereocenters. The van der Waals surface area contributed by atoms with Gasteiger partial charge in [0.05, 0.1) is 0 Å². The van der Waals surface area contributed by atoms with Gasteiger partial charge in [-0.25, -0.2) is 0 Å². The second-order valence-corrected chi connectivity index (χ2v) is 6.22. The molecule has 110 valence electrons. The van der Waals surface area contributed by atoms with E-state index >= 15 is 0 Å². The van der Waals surface area contributed by atoms with Crippen molar-refractivity contribution in [2.24, 2.45) is 5.92 Å². The standard InChI is InChI=1S/C16H34ClN/c1-4-5-6-7-8-9-10-11-12-18-16(14-17)13-15(2)3/h15-16,18H,4-14H2,1-3H3. The number of hydrogen-bond acceptors (Lipinski definition) is 1. The second-order valence-electron chi connectivity index (χ2n) is 5.91. The number of nitrogens with one attached hydrogen (secondary N) is 1. The zero-order chi connectivity index (χ0) is 13.6. The van der Waals surface area contributed by atoms with Crippen molar-refractivity contribution >= 4 is 11.6 Å². The summed E-state index contributed by atoms with van der Waals surface area (Å²) in [5.74, 6) is 1.48. The van der Waals surface area contributed by atoms with Crippen LogP contribution < -0.4 is 5.32 Å². The van der Waals surface area contributed by atoms with E-state index < -0.39 is 0 Å². The largest absolute Gasteiger partial charge is 0.313 e. The second kappa shape index (κ2) is 13.7. The number of hydrogen-bond donors (Lipinski definition) is 1. The van der Waals surface area contributed by atoms with Crippen LogP contribution in [-0.4, -0.2) is 18.5 Å². The summed E-state index contributed by atoms with van der Waals surface area (Å²) in [6.07, 6.45) is 12.3. The van der Waals surface area contributed by atoms with Crippen molar-refractivity contribution in [1.82, 2.24) is 5.32 Å².